The molecule has 5 aromatic carbocycles. The highest BCUT2D eigenvalue weighted by Crippen LogP contribution is 2.37. The Hall–Kier alpha value is -5.73. The molecular weight excluding hydrogens is 556 g/mol. The van der Waals surface area contributed by atoms with Gasteiger partial charge < -0.3 is 10.7 Å². The minimum Gasteiger partial charge on any atom is -0.355 e. The maximum absolute atomic E-state index is 8.33. The molecule has 2 N–H and O–H groups in total. The molecule has 0 saturated carbocycles. The standard InChI is InChI=1S/C44H40N2/c1-6-14-41(39-19-13-12-16-31(39)4)35-24-22-34(23-25-35)36-26-29-42-37(30-36)27-28-40(44(42)46-38-17-10-9-11-18-38)32(5)20-21-33(8-3)43(45)15-7-2/h6-30,45-46H,1,5H2,2-4H3/b15-7-,21-20-,33-8+,41-14-,45-43?. The molecule has 5 rings (SSSR count). The molecule has 0 amide bonds. The van der Waals surface area contributed by atoms with E-state index in [9.17, 15) is 0 Å². The van der Waals surface area contributed by atoms with Crippen LogP contribution in [0.4, 0.5) is 11.4 Å². The summed E-state index contributed by atoms with van der Waals surface area (Å²) in [6.45, 7) is 14.4. The number of nitrogens with one attached hydrogen (secondary N) is 2. The van der Waals surface area contributed by atoms with Gasteiger partial charge in [0.1, 0.15) is 0 Å². The molecule has 5 aromatic rings. The van der Waals surface area contributed by atoms with Gasteiger partial charge in [0.05, 0.1) is 11.4 Å². The monoisotopic (exact) mass is 596 g/mol. The molecule has 0 saturated heterocycles. The second-order valence-electron chi connectivity index (χ2n) is 11.1. The summed E-state index contributed by atoms with van der Waals surface area (Å²) < 4.78 is 0. The molecule has 2 nitrogen and oxygen atoms in total. The third-order valence-electron chi connectivity index (χ3n) is 8.08. The lowest BCUT2D eigenvalue weighted by molar-refractivity contribution is 1.41. The number of rotatable bonds is 11. The van der Waals surface area contributed by atoms with Crippen molar-refractivity contribution in [3.63, 3.8) is 0 Å². The quantitative estimate of drug-likeness (QED) is 0.115. The third kappa shape index (κ3) is 7.14. The predicted octanol–water partition coefficient (Wildman–Crippen LogP) is 12.3. The maximum Gasteiger partial charge on any atom is 0.0605 e. The van der Waals surface area contributed by atoms with Gasteiger partial charge in [-0.05, 0) is 95.0 Å². The summed E-state index contributed by atoms with van der Waals surface area (Å²) in [5.74, 6) is 0. The van der Waals surface area contributed by atoms with Crippen molar-refractivity contribution in [3.8, 4) is 11.1 Å². The van der Waals surface area contributed by atoms with Gasteiger partial charge in [-0.3, -0.25) is 0 Å². The lowest BCUT2D eigenvalue weighted by atomic mass is 9.92. The van der Waals surface area contributed by atoms with Crippen LogP contribution in [-0.4, -0.2) is 5.71 Å². The third-order valence-corrected chi connectivity index (χ3v) is 8.08. The summed E-state index contributed by atoms with van der Waals surface area (Å²) in [7, 11) is 0. The second-order valence-corrected chi connectivity index (χ2v) is 11.1. The number of fused-ring (bicyclic) bond motifs is 1. The van der Waals surface area contributed by atoms with Gasteiger partial charge in [0.25, 0.3) is 0 Å². The van der Waals surface area contributed by atoms with E-state index in [1.165, 1.54) is 11.1 Å². The minimum absolute atomic E-state index is 0.471. The van der Waals surface area contributed by atoms with Crippen molar-refractivity contribution < 1.29 is 0 Å². The van der Waals surface area contributed by atoms with Gasteiger partial charge in [-0.25, -0.2) is 0 Å². The Kier molecular flexibility index (Phi) is 10.2. The molecule has 46 heavy (non-hydrogen) atoms. The first-order valence-corrected chi connectivity index (χ1v) is 15.6. The van der Waals surface area contributed by atoms with E-state index in [2.05, 4.69) is 122 Å². The van der Waals surface area contributed by atoms with Crippen LogP contribution in [0.15, 0.2) is 170 Å². The van der Waals surface area contributed by atoms with Crippen LogP contribution in [0.1, 0.15) is 36.1 Å². The van der Waals surface area contributed by atoms with Gasteiger partial charge in [0.2, 0.25) is 0 Å². The Morgan fingerprint density at radius 1 is 0.739 bits per heavy atom. The van der Waals surface area contributed by atoms with Crippen molar-refractivity contribution in [2.75, 3.05) is 5.32 Å². The van der Waals surface area contributed by atoms with Crippen molar-refractivity contribution in [2.45, 2.75) is 20.8 Å². The normalized spacial score (nSPS) is 12.2. The fraction of sp³-hybridized carbons (Fsp3) is 0.0682. The number of hydrogen-bond acceptors (Lipinski definition) is 2. The van der Waals surface area contributed by atoms with Crippen LogP contribution in [0.5, 0.6) is 0 Å². The highest BCUT2D eigenvalue weighted by Gasteiger charge is 2.13. The first-order valence-electron chi connectivity index (χ1n) is 15.6. The average Bonchev–Trinajstić information content (AvgIpc) is 3.08. The molecule has 0 unspecified atom stereocenters. The minimum atomic E-state index is 0.471. The van der Waals surface area contributed by atoms with Crippen LogP contribution in [0.2, 0.25) is 0 Å². The summed E-state index contributed by atoms with van der Waals surface area (Å²) in [4.78, 5) is 0. The van der Waals surface area contributed by atoms with Gasteiger partial charge in [0, 0.05) is 16.6 Å². The van der Waals surface area contributed by atoms with Gasteiger partial charge in [0.15, 0.2) is 0 Å². The fourth-order valence-electron chi connectivity index (χ4n) is 5.64. The number of aryl methyl sites for hydroxylation is 1. The summed E-state index contributed by atoms with van der Waals surface area (Å²) in [5, 5.41) is 14.3. The average molecular weight is 597 g/mol. The zero-order chi connectivity index (χ0) is 32.5. The fourth-order valence-corrected chi connectivity index (χ4v) is 5.64. The smallest absolute Gasteiger partial charge is 0.0605 e. The maximum atomic E-state index is 8.33. The molecule has 2 heteroatoms. The molecule has 226 valence electrons. The highest BCUT2D eigenvalue weighted by molar-refractivity contribution is 6.09. The Balaban J connectivity index is 1.52. The van der Waals surface area contributed by atoms with Crippen LogP contribution < -0.4 is 5.32 Å². The summed E-state index contributed by atoms with van der Waals surface area (Å²) in [6.07, 6.45) is 13.5. The number of hydrogen-bond donors (Lipinski definition) is 2. The Bertz CT molecular complexity index is 2020. The van der Waals surface area contributed by atoms with Crippen LogP contribution in [0.3, 0.4) is 0 Å². The van der Waals surface area contributed by atoms with E-state index in [-0.39, 0.29) is 0 Å². The molecular formula is C44H40N2. The van der Waals surface area contributed by atoms with E-state index < -0.39 is 0 Å². The van der Waals surface area contributed by atoms with Gasteiger partial charge >= 0.3 is 0 Å². The van der Waals surface area contributed by atoms with Gasteiger partial charge in [-0.1, -0.05) is 141 Å². The Morgan fingerprint density at radius 3 is 2.15 bits per heavy atom. The number of benzene rings is 5. The molecule has 0 bridgehead atoms. The van der Waals surface area contributed by atoms with Crippen molar-refractivity contribution in [1.29, 1.82) is 5.41 Å². The molecule has 0 radical (unpaired) electrons. The lowest BCUT2D eigenvalue weighted by Crippen LogP contribution is -1.97. The van der Waals surface area contributed by atoms with Crippen molar-refractivity contribution in [3.05, 3.63) is 193 Å². The van der Waals surface area contributed by atoms with E-state index in [0.717, 1.165) is 61.1 Å². The van der Waals surface area contributed by atoms with Crippen LogP contribution >= 0.6 is 0 Å². The molecule has 0 aliphatic rings. The van der Waals surface area contributed by atoms with Crippen LogP contribution in [0.25, 0.3) is 33.0 Å². The number of allylic oxidation sites excluding steroid dienone is 9. The molecule has 0 aliphatic carbocycles. The molecule has 0 aliphatic heterocycles. The molecule has 0 aromatic heterocycles. The number of para-hydroxylation sites is 1. The molecule has 0 spiro atoms. The Labute approximate surface area is 273 Å². The topological polar surface area (TPSA) is 35.9 Å². The van der Waals surface area contributed by atoms with E-state index in [0.29, 0.717) is 5.71 Å². The largest absolute Gasteiger partial charge is 0.355 e. The predicted molar refractivity (Wildman–Crippen MR) is 202 cm³/mol. The summed E-state index contributed by atoms with van der Waals surface area (Å²) in [6, 6.07) is 38.4. The summed E-state index contributed by atoms with van der Waals surface area (Å²) >= 11 is 0. The van der Waals surface area contributed by atoms with E-state index in [1.807, 2.05) is 62.4 Å². The SMILES string of the molecule is C=C/C=C(/c1ccc(-c2ccc3c(Nc4ccccc4)c(C(=C)/C=C\C(=C/C)C(=N)/C=C\C)ccc3c2)cc1)c1ccccc1C. The van der Waals surface area contributed by atoms with Gasteiger partial charge in [-0.15, -0.1) is 0 Å². The van der Waals surface area contributed by atoms with E-state index in [1.54, 1.807) is 6.08 Å². The zero-order valence-electron chi connectivity index (χ0n) is 26.8. The zero-order valence-corrected chi connectivity index (χ0v) is 26.8. The lowest BCUT2D eigenvalue weighted by Gasteiger charge is -2.17. The summed E-state index contributed by atoms with van der Waals surface area (Å²) in [5.41, 5.74) is 12.3. The van der Waals surface area contributed by atoms with Crippen molar-refractivity contribution >= 4 is 39.0 Å². The van der Waals surface area contributed by atoms with Crippen molar-refractivity contribution in [1.82, 2.24) is 0 Å². The van der Waals surface area contributed by atoms with E-state index in [4.69, 9.17) is 5.41 Å². The molecule has 0 atom stereocenters. The molecule has 0 heterocycles. The van der Waals surface area contributed by atoms with Crippen molar-refractivity contribution in [2.24, 2.45) is 0 Å². The van der Waals surface area contributed by atoms with Gasteiger partial charge in [-0.2, -0.15) is 0 Å². The second kappa shape index (κ2) is 14.8. The first kappa shape index (κ1) is 31.7. The first-order chi connectivity index (χ1) is 22.4. The van der Waals surface area contributed by atoms with E-state index >= 15 is 0 Å². The van der Waals surface area contributed by atoms with Crippen LogP contribution in [0, 0.1) is 12.3 Å². The highest BCUT2D eigenvalue weighted by atomic mass is 14.9. The Morgan fingerprint density at radius 2 is 1.46 bits per heavy atom. The molecule has 0 fully saturated rings. The van der Waals surface area contributed by atoms with Crippen LogP contribution in [-0.2, 0) is 0 Å². The number of anilines is 2.